The van der Waals surface area contributed by atoms with Gasteiger partial charge < -0.3 is 10.2 Å². The summed E-state index contributed by atoms with van der Waals surface area (Å²) in [7, 11) is 0. The van der Waals surface area contributed by atoms with Gasteiger partial charge in [0.05, 0.1) is 5.69 Å². The Morgan fingerprint density at radius 2 is 1.72 bits per heavy atom. The molecule has 0 bridgehead atoms. The number of amides is 1. The van der Waals surface area contributed by atoms with E-state index in [0.717, 1.165) is 50.9 Å². The van der Waals surface area contributed by atoms with Crippen LogP contribution in [0.5, 0.6) is 0 Å². The lowest BCUT2D eigenvalue weighted by molar-refractivity contribution is 0.102. The number of anilines is 2. The number of carbonyl (C=O) groups is 1. The van der Waals surface area contributed by atoms with E-state index in [4.69, 9.17) is 0 Å². The fraction of sp³-hybridized carbons (Fsp3) is 0.353. The maximum atomic E-state index is 13.7. The van der Waals surface area contributed by atoms with Crippen LogP contribution in [0.4, 0.5) is 24.8 Å². The van der Waals surface area contributed by atoms with Gasteiger partial charge in [0.25, 0.3) is 5.91 Å². The number of benzene rings is 1. The van der Waals surface area contributed by atoms with Gasteiger partial charge >= 0.3 is 0 Å². The molecule has 1 aromatic heterocycles. The Labute approximate surface area is 142 Å². The monoisotopic (exact) mass is 350 g/mol. The summed E-state index contributed by atoms with van der Waals surface area (Å²) in [5.41, 5.74) is -0.419. The average Bonchev–Trinajstić information content (AvgIpc) is 2.92. The number of aromatic nitrogens is 2. The van der Waals surface area contributed by atoms with E-state index in [-0.39, 0.29) is 5.69 Å². The lowest BCUT2D eigenvalue weighted by atomic mass is 10.2. The summed E-state index contributed by atoms with van der Waals surface area (Å²) in [5, 5.41) is 2.21. The Hall–Kier alpha value is -2.64. The Kier molecular flexibility index (Phi) is 5.16. The standard InChI is InChI=1S/C17H17F3N4O/c18-11-5-6-12(15(20)14(11)19)22-16(25)13-7-8-21-17(23-13)24-9-3-1-2-4-10-24/h5-8H,1-4,9-10H2,(H,22,25). The molecular weight excluding hydrogens is 333 g/mol. The van der Waals surface area contributed by atoms with Crippen molar-refractivity contribution in [2.75, 3.05) is 23.3 Å². The maximum Gasteiger partial charge on any atom is 0.274 e. The molecule has 1 aliphatic rings. The van der Waals surface area contributed by atoms with Crippen molar-refractivity contribution in [2.45, 2.75) is 25.7 Å². The summed E-state index contributed by atoms with van der Waals surface area (Å²) in [6.07, 6.45) is 5.79. The molecule has 0 radical (unpaired) electrons. The van der Waals surface area contributed by atoms with Gasteiger partial charge in [-0.1, -0.05) is 12.8 Å². The average molecular weight is 350 g/mol. The fourth-order valence-corrected chi connectivity index (χ4v) is 2.71. The van der Waals surface area contributed by atoms with Gasteiger partial charge in [-0.15, -0.1) is 0 Å². The number of hydrogen-bond donors (Lipinski definition) is 1. The molecule has 2 heterocycles. The van der Waals surface area contributed by atoms with Gasteiger partial charge in [-0.3, -0.25) is 4.79 Å². The Balaban J connectivity index is 1.78. The van der Waals surface area contributed by atoms with Gasteiger partial charge in [-0.2, -0.15) is 0 Å². The molecular formula is C17H17F3N4O. The molecule has 1 fully saturated rings. The van der Waals surface area contributed by atoms with Crippen LogP contribution in [0.25, 0.3) is 0 Å². The minimum atomic E-state index is -1.63. The van der Waals surface area contributed by atoms with Crippen molar-refractivity contribution in [3.8, 4) is 0 Å². The molecule has 1 saturated heterocycles. The Bertz CT molecular complexity index is 776. The number of halogens is 3. The zero-order chi connectivity index (χ0) is 17.8. The van der Waals surface area contributed by atoms with Crippen molar-refractivity contribution >= 4 is 17.5 Å². The van der Waals surface area contributed by atoms with Crippen LogP contribution in [-0.2, 0) is 0 Å². The van der Waals surface area contributed by atoms with E-state index in [0.29, 0.717) is 5.95 Å². The van der Waals surface area contributed by atoms with Crippen molar-refractivity contribution in [2.24, 2.45) is 0 Å². The minimum absolute atomic E-state index is 0.0263. The third kappa shape index (κ3) is 3.89. The van der Waals surface area contributed by atoms with Crippen molar-refractivity contribution in [1.29, 1.82) is 0 Å². The van der Waals surface area contributed by atoms with Gasteiger partial charge in [-0.25, -0.2) is 23.1 Å². The second-order valence-corrected chi connectivity index (χ2v) is 5.82. The zero-order valence-electron chi connectivity index (χ0n) is 13.4. The van der Waals surface area contributed by atoms with Crippen LogP contribution in [0.3, 0.4) is 0 Å². The SMILES string of the molecule is O=C(Nc1ccc(F)c(F)c1F)c1ccnc(N2CCCCCC2)n1. The molecule has 5 nitrogen and oxygen atoms in total. The molecule has 0 atom stereocenters. The third-order valence-corrected chi connectivity index (χ3v) is 4.05. The highest BCUT2D eigenvalue weighted by molar-refractivity contribution is 6.03. The summed E-state index contributed by atoms with van der Waals surface area (Å²) >= 11 is 0. The van der Waals surface area contributed by atoms with E-state index >= 15 is 0 Å². The molecule has 0 aliphatic carbocycles. The summed E-state index contributed by atoms with van der Waals surface area (Å²) in [5.74, 6) is -4.69. The number of carbonyl (C=O) groups excluding carboxylic acids is 1. The summed E-state index contributed by atoms with van der Waals surface area (Å²) in [6.45, 7) is 1.62. The molecule has 1 N–H and O–H groups in total. The first kappa shape index (κ1) is 17.2. The minimum Gasteiger partial charge on any atom is -0.341 e. The predicted molar refractivity (Wildman–Crippen MR) is 87.0 cm³/mol. The van der Waals surface area contributed by atoms with Crippen LogP contribution in [0.15, 0.2) is 24.4 Å². The smallest absolute Gasteiger partial charge is 0.274 e. The van der Waals surface area contributed by atoms with Crippen molar-refractivity contribution in [1.82, 2.24) is 9.97 Å². The predicted octanol–water partition coefficient (Wildman–Crippen LogP) is 3.53. The van der Waals surface area contributed by atoms with Crippen LogP contribution < -0.4 is 10.2 Å². The quantitative estimate of drug-likeness (QED) is 0.861. The van der Waals surface area contributed by atoms with Crippen LogP contribution in [-0.4, -0.2) is 29.0 Å². The second kappa shape index (κ2) is 7.50. The molecule has 0 spiro atoms. The zero-order valence-corrected chi connectivity index (χ0v) is 13.4. The molecule has 2 aromatic rings. The summed E-state index contributed by atoms with van der Waals surface area (Å²) in [4.78, 5) is 22.7. The highest BCUT2D eigenvalue weighted by atomic mass is 19.2. The highest BCUT2D eigenvalue weighted by Gasteiger charge is 2.18. The number of hydrogen-bond acceptors (Lipinski definition) is 4. The maximum absolute atomic E-state index is 13.7. The van der Waals surface area contributed by atoms with Gasteiger partial charge in [0.15, 0.2) is 17.5 Å². The largest absolute Gasteiger partial charge is 0.341 e. The lowest BCUT2D eigenvalue weighted by Crippen LogP contribution is -2.27. The molecule has 25 heavy (non-hydrogen) atoms. The molecule has 1 aromatic carbocycles. The highest BCUT2D eigenvalue weighted by Crippen LogP contribution is 2.21. The second-order valence-electron chi connectivity index (χ2n) is 5.82. The third-order valence-electron chi connectivity index (χ3n) is 4.05. The number of nitrogens with one attached hydrogen (secondary N) is 1. The van der Waals surface area contributed by atoms with Gasteiger partial charge in [-0.05, 0) is 31.0 Å². The molecule has 1 amide bonds. The fourth-order valence-electron chi connectivity index (χ4n) is 2.71. The molecule has 8 heteroatoms. The normalized spacial score (nSPS) is 14.9. The van der Waals surface area contributed by atoms with Crippen LogP contribution in [0.1, 0.15) is 36.2 Å². The van der Waals surface area contributed by atoms with E-state index in [1.54, 1.807) is 0 Å². The van der Waals surface area contributed by atoms with Crippen LogP contribution in [0, 0.1) is 17.5 Å². The van der Waals surface area contributed by atoms with Gasteiger partial charge in [0.1, 0.15) is 5.69 Å². The summed E-state index contributed by atoms with van der Waals surface area (Å²) < 4.78 is 39.9. The van der Waals surface area contributed by atoms with Crippen LogP contribution >= 0.6 is 0 Å². The Morgan fingerprint density at radius 1 is 1.00 bits per heavy atom. The van der Waals surface area contributed by atoms with E-state index < -0.39 is 29.0 Å². The number of rotatable bonds is 3. The first-order valence-electron chi connectivity index (χ1n) is 8.09. The van der Waals surface area contributed by atoms with E-state index in [1.165, 1.54) is 12.3 Å². The van der Waals surface area contributed by atoms with Crippen molar-refractivity contribution < 1.29 is 18.0 Å². The molecule has 0 saturated carbocycles. The summed E-state index contributed by atoms with van der Waals surface area (Å²) in [6, 6.07) is 3.09. The molecule has 3 rings (SSSR count). The van der Waals surface area contributed by atoms with Gasteiger partial charge in [0, 0.05) is 19.3 Å². The first-order valence-corrected chi connectivity index (χ1v) is 8.09. The lowest BCUT2D eigenvalue weighted by Gasteiger charge is -2.20. The van der Waals surface area contributed by atoms with E-state index in [2.05, 4.69) is 15.3 Å². The van der Waals surface area contributed by atoms with E-state index in [9.17, 15) is 18.0 Å². The van der Waals surface area contributed by atoms with Crippen LogP contribution in [0.2, 0.25) is 0 Å². The van der Waals surface area contributed by atoms with Crippen molar-refractivity contribution in [3.63, 3.8) is 0 Å². The molecule has 0 unspecified atom stereocenters. The topological polar surface area (TPSA) is 58.1 Å². The van der Waals surface area contributed by atoms with E-state index in [1.807, 2.05) is 4.90 Å². The molecule has 1 aliphatic heterocycles. The molecule has 132 valence electrons. The first-order chi connectivity index (χ1) is 12.1. The number of nitrogens with zero attached hydrogens (tertiary/aromatic N) is 3. The van der Waals surface area contributed by atoms with Gasteiger partial charge in [0.2, 0.25) is 5.95 Å². The van der Waals surface area contributed by atoms with Crippen molar-refractivity contribution in [3.05, 3.63) is 47.5 Å². The Morgan fingerprint density at radius 3 is 2.44 bits per heavy atom.